The van der Waals surface area contributed by atoms with Crippen molar-refractivity contribution in [3.63, 3.8) is 0 Å². The van der Waals surface area contributed by atoms with E-state index in [1.807, 2.05) is 13.8 Å². The molecule has 0 bridgehead atoms. The van der Waals surface area contributed by atoms with Gasteiger partial charge in [-0.25, -0.2) is 0 Å². The first-order valence-corrected chi connectivity index (χ1v) is 6.64. The summed E-state index contributed by atoms with van der Waals surface area (Å²) in [6.45, 7) is 7.03. The maximum absolute atomic E-state index is 11.2. The lowest BCUT2D eigenvalue weighted by atomic mass is 9.87. The third-order valence-electron chi connectivity index (χ3n) is 3.22. The molecular formula is C15H24N2O. The van der Waals surface area contributed by atoms with Gasteiger partial charge in [0.2, 0.25) is 5.91 Å². The van der Waals surface area contributed by atoms with Crippen molar-refractivity contribution in [1.82, 2.24) is 5.32 Å². The molecule has 0 saturated heterocycles. The van der Waals surface area contributed by atoms with Crippen molar-refractivity contribution in [2.24, 2.45) is 5.73 Å². The first-order valence-electron chi connectivity index (χ1n) is 6.64. The highest BCUT2D eigenvalue weighted by molar-refractivity contribution is 5.75. The molecule has 1 unspecified atom stereocenters. The quantitative estimate of drug-likeness (QED) is 0.778. The second-order valence-electron chi connectivity index (χ2n) is 4.95. The van der Waals surface area contributed by atoms with E-state index in [0.717, 1.165) is 24.9 Å². The Morgan fingerprint density at radius 2 is 1.89 bits per heavy atom. The van der Waals surface area contributed by atoms with Gasteiger partial charge in [0, 0.05) is 12.0 Å². The number of rotatable bonds is 7. The van der Waals surface area contributed by atoms with Gasteiger partial charge in [-0.1, -0.05) is 44.5 Å². The van der Waals surface area contributed by atoms with Crippen LogP contribution in [0.5, 0.6) is 0 Å². The van der Waals surface area contributed by atoms with Crippen molar-refractivity contribution in [1.29, 1.82) is 0 Å². The summed E-state index contributed by atoms with van der Waals surface area (Å²) in [5.41, 5.74) is 7.42. The largest absolute Gasteiger partial charge is 0.370 e. The van der Waals surface area contributed by atoms with Gasteiger partial charge >= 0.3 is 0 Å². The molecule has 0 fully saturated rings. The van der Waals surface area contributed by atoms with Crippen LogP contribution in [0.1, 0.15) is 44.7 Å². The highest BCUT2D eigenvalue weighted by Gasteiger charge is 2.27. The zero-order valence-electron chi connectivity index (χ0n) is 11.6. The predicted octanol–water partition coefficient (Wildman–Crippen LogP) is 2.34. The number of amides is 1. The van der Waals surface area contributed by atoms with Crippen LogP contribution in [0.4, 0.5) is 0 Å². The van der Waals surface area contributed by atoms with Crippen LogP contribution in [-0.2, 0) is 16.8 Å². The van der Waals surface area contributed by atoms with Crippen LogP contribution in [-0.4, -0.2) is 12.5 Å². The molecule has 0 heterocycles. The average molecular weight is 248 g/mol. The van der Waals surface area contributed by atoms with E-state index in [1.54, 1.807) is 0 Å². The van der Waals surface area contributed by atoms with Crippen molar-refractivity contribution in [2.75, 3.05) is 6.54 Å². The van der Waals surface area contributed by atoms with Gasteiger partial charge in [0.15, 0.2) is 0 Å². The van der Waals surface area contributed by atoms with Gasteiger partial charge in [-0.05, 0) is 31.0 Å². The lowest BCUT2D eigenvalue weighted by molar-refractivity contribution is -0.119. The predicted molar refractivity (Wildman–Crippen MR) is 75.3 cm³/mol. The van der Waals surface area contributed by atoms with Crippen LogP contribution in [0.2, 0.25) is 0 Å². The third kappa shape index (κ3) is 3.84. The standard InChI is InChI=1S/C15H24N2O/c1-4-6-12-7-9-13(10-8-12)15(3,17-5-2)11-14(16)18/h7-10,17H,4-6,11H2,1-3H3,(H2,16,18). The minimum Gasteiger partial charge on any atom is -0.370 e. The smallest absolute Gasteiger partial charge is 0.219 e. The van der Waals surface area contributed by atoms with Gasteiger partial charge in [-0.15, -0.1) is 0 Å². The Labute approximate surface area is 110 Å². The fourth-order valence-electron chi connectivity index (χ4n) is 2.33. The summed E-state index contributed by atoms with van der Waals surface area (Å²) in [7, 11) is 0. The Morgan fingerprint density at radius 1 is 1.28 bits per heavy atom. The van der Waals surface area contributed by atoms with Crippen LogP contribution in [0.25, 0.3) is 0 Å². The lowest BCUT2D eigenvalue weighted by Crippen LogP contribution is -2.42. The molecule has 0 radical (unpaired) electrons. The Hall–Kier alpha value is -1.35. The number of benzene rings is 1. The highest BCUT2D eigenvalue weighted by atomic mass is 16.1. The summed E-state index contributed by atoms with van der Waals surface area (Å²) in [5, 5.41) is 3.36. The van der Waals surface area contributed by atoms with Crippen molar-refractivity contribution in [3.8, 4) is 0 Å². The molecule has 3 heteroatoms. The second-order valence-corrected chi connectivity index (χ2v) is 4.95. The lowest BCUT2D eigenvalue weighted by Gasteiger charge is -2.30. The fourth-order valence-corrected chi connectivity index (χ4v) is 2.33. The monoisotopic (exact) mass is 248 g/mol. The van der Waals surface area contributed by atoms with E-state index in [-0.39, 0.29) is 11.4 Å². The molecule has 1 atom stereocenters. The van der Waals surface area contributed by atoms with Crippen LogP contribution in [0.15, 0.2) is 24.3 Å². The van der Waals surface area contributed by atoms with E-state index in [0.29, 0.717) is 6.42 Å². The van der Waals surface area contributed by atoms with Crippen LogP contribution < -0.4 is 11.1 Å². The number of carbonyl (C=O) groups is 1. The maximum atomic E-state index is 11.2. The number of hydrogen-bond donors (Lipinski definition) is 2. The summed E-state index contributed by atoms with van der Waals surface area (Å²) < 4.78 is 0. The SMILES string of the molecule is CCCc1ccc(C(C)(CC(N)=O)NCC)cc1. The molecule has 0 aliphatic heterocycles. The average Bonchev–Trinajstić information content (AvgIpc) is 2.29. The van der Waals surface area contributed by atoms with Crippen molar-refractivity contribution in [3.05, 3.63) is 35.4 Å². The van der Waals surface area contributed by atoms with Gasteiger partial charge in [0.05, 0.1) is 0 Å². The molecule has 0 aliphatic rings. The molecule has 1 aromatic carbocycles. The number of nitrogens with one attached hydrogen (secondary N) is 1. The normalized spacial score (nSPS) is 14.2. The molecule has 3 nitrogen and oxygen atoms in total. The molecule has 3 N–H and O–H groups in total. The molecule has 1 aromatic rings. The van der Waals surface area contributed by atoms with E-state index >= 15 is 0 Å². The van der Waals surface area contributed by atoms with Gasteiger partial charge in [-0.3, -0.25) is 4.79 Å². The summed E-state index contributed by atoms with van der Waals surface area (Å²) in [6.07, 6.45) is 2.55. The number of carbonyl (C=O) groups excluding carboxylic acids is 1. The first-order chi connectivity index (χ1) is 8.51. The van der Waals surface area contributed by atoms with E-state index < -0.39 is 0 Å². The summed E-state index contributed by atoms with van der Waals surface area (Å²) in [5.74, 6) is -0.281. The van der Waals surface area contributed by atoms with Crippen LogP contribution >= 0.6 is 0 Å². The van der Waals surface area contributed by atoms with E-state index in [9.17, 15) is 4.79 Å². The van der Waals surface area contributed by atoms with Crippen molar-refractivity contribution >= 4 is 5.91 Å². The third-order valence-corrected chi connectivity index (χ3v) is 3.22. The van der Waals surface area contributed by atoms with Crippen LogP contribution in [0, 0.1) is 0 Å². The number of primary amides is 1. The van der Waals surface area contributed by atoms with E-state index in [1.165, 1.54) is 5.56 Å². The molecule has 0 aliphatic carbocycles. The first kappa shape index (κ1) is 14.7. The van der Waals surface area contributed by atoms with Gasteiger partial charge < -0.3 is 11.1 Å². The van der Waals surface area contributed by atoms with E-state index in [4.69, 9.17) is 5.73 Å². The van der Waals surface area contributed by atoms with Gasteiger partial charge in [0.25, 0.3) is 0 Å². The number of aryl methyl sites for hydroxylation is 1. The Morgan fingerprint density at radius 3 is 2.33 bits per heavy atom. The van der Waals surface area contributed by atoms with Crippen molar-refractivity contribution < 1.29 is 4.79 Å². The molecule has 1 amide bonds. The zero-order chi connectivity index (χ0) is 13.6. The fraction of sp³-hybridized carbons (Fsp3) is 0.533. The van der Waals surface area contributed by atoms with Crippen LogP contribution in [0.3, 0.4) is 0 Å². The molecule has 100 valence electrons. The van der Waals surface area contributed by atoms with Crippen molar-refractivity contribution in [2.45, 2.75) is 45.6 Å². The highest BCUT2D eigenvalue weighted by Crippen LogP contribution is 2.25. The molecule has 18 heavy (non-hydrogen) atoms. The number of nitrogens with two attached hydrogens (primary N) is 1. The maximum Gasteiger partial charge on any atom is 0.219 e. The Balaban J connectivity index is 2.94. The van der Waals surface area contributed by atoms with E-state index in [2.05, 4.69) is 36.5 Å². The summed E-state index contributed by atoms with van der Waals surface area (Å²) >= 11 is 0. The topological polar surface area (TPSA) is 55.1 Å². The Kier molecular flexibility index (Phi) is 5.35. The minimum atomic E-state index is -0.370. The molecule has 0 saturated carbocycles. The second kappa shape index (κ2) is 6.55. The number of hydrogen-bond acceptors (Lipinski definition) is 2. The molecule has 0 spiro atoms. The summed E-state index contributed by atoms with van der Waals surface area (Å²) in [4.78, 5) is 11.2. The van der Waals surface area contributed by atoms with Gasteiger partial charge in [0.1, 0.15) is 0 Å². The Bertz CT molecular complexity index is 386. The molecular weight excluding hydrogens is 224 g/mol. The summed E-state index contributed by atoms with van der Waals surface area (Å²) in [6, 6.07) is 8.46. The molecule has 1 rings (SSSR count). The minimum absolute atomic E-state index is 0.281. The molecule has 0 aromatic heterocycles. The van der Waals surface area contributed by atoms with Gasteiger partial charge in [-0.2, -0.15) is 0 Å². The zero-order valence-corrected chi connectivity index (χ0v) is 11.6.